The molecule has 6 nitrogen and oxygen atoms in total. The summed E-state index contributed by atoms with van der Waals surface area (Å²) >= 11 is 0. The molecule has 1 aliphatic carbocycles. The molecule has 1 aliphatic rings. The summed E-state index contributed by atoms with van der Waals surface area (Å²) in [6.45, 7) is 0.111. The number of aromatic carboxylic acids is 1. The van der Waals surface area contributed by atoms with Gasteiger partial charge in [-0.3, -0.25) is 5.32 Å². The number of benzene rings is 1. The van der Waals surface area contributed by atoms with Gasteiger partial charge in [0.2, 0.25) is 0 Å². The fraction of sp³-hybridized carbons (Fsp3) is 0.235. The van der Waals surface area contributed by atoms with Crippen molar-refractivity contribution in [1.82, 2.24) is 4.98 Å². The van der Waals surface area contributed by atoms with Crippen molar-refractivity contribution in [3.8, 4) is 0 Å². The second kappa shape index (κ2) is 6.48. The second-order valence-corrected chi connectivity index (χ2v) is 5.34. The van der Waals surface area contributed by atoms with Crippen LogP contribution in [0.25, 0.3) is 0 Å². The van der Waals surface area contributed by atoms with Crippen molar-refractivity contribution >= 4 is 17.9 Å². The first-order valence-corrected chi connectivity index (χ1v) is 7.37. The molecule has 2 aromatic rings. The molecule has 1 amide bonds. The molecule has 0 spiro atoms. The predicted molar refractivity (Wildman–Crippen MR) is 83.5 cm³/mol. The normalized spacial score (nSPS) is 12.5. The van der Waals surface area contributed by atoms with Crippen LogP contribution >= 0.6 is 0 Å². The Morgan fingerprint density at radius 3 is 2.74 bits per heavy atom. The molecule has 118 valence electrons. The molecule has 0 unspecified atom stereocenters. The number of carbonyl (C=O) groups excluding carboxylic acids is 1. The van der Waals surface area contributed by atoms with Crippen molar-refractivity contribution in [2.75, 3.05) is 5.32 Å². The summed E-state index contributed by atoms with van der Waals surface area (Å²) < 4.78 is 5.10. The van der Waals surface area contributed by atoms with Crippen LogP contribution in [0.2, 0.25) is 0 Å². The number of aromatic nitrogens is 1. The fourth-order valence-electron chi connectivity index (χ4n) is 2.59. The highest BCUT2D eigenvalue weighted by molar-refractivity contribution is 5.97. The van der Waals surface area contributed by atoms with Gasteiger partial charge in [-0.15, -0.1) is 0 Å². The summed E-state index contributed by atoms with van der Waals surface area (Å²) in [4.78, 5) is 27.5. The third-order valence-corrected chi connectivity index (χ3v) is 3.71. The van der Waals surface area contributed by atoms with Gasteiger partial charge in [-0.25, -0.2) is 14.6 Å². The van der Waals surface area contributed by atoms with E-state index >= 15 is 0 Å². The Kier molecular flexibility index (Phi) is 4.23. The van der Waals surface area contributed by atoms with E-state index < -0.39 is 12.1 Å². The van der Waals surface area contributed by atoms with Gasteiger partial charge in [0.15, 0.2) is 0 Å². The Morgan fingerprint density at radius 1 is 1.22 bits per heavy atom. The van der Waals surface area contributed by atoms with Gasteiger partial charge in [-0.2, -0.15) is 0 Å². The number of fused-ring (bicyclic) bond motifs is 1. The monoisotopic (exact) mass is 312 g/mol. The molecule has 1 heterocycles. The average molecular weight is 312 g/mol. The molecule has 3 rings (SSSR count). The van der Waals surface area contributed by atoms with Crippen LogP contribution in [0.3, 0.4) is 0 Å². The number of nitrogens with zero attached hydrogens (tertiary/aromatic N) is 1. The highest BCUT2D eigenvalue weighted by atomic mass is 16.5. The van der Waals surface area contributed by atoms with Gasteiger partial charge < -0.3 is 9.84 Å². The molecule has 23 heavy (non-hydrogen) atoms. The number of hydrogen-bond donors (Lipinski definition) is 2. The highest BCUT2D eigenvalue weighted by Gasteiger charge is 2.21. The van der Waals surface area contributed by atoms with E-state index in [0.717, 1.165) is 36.1 Å². The number of hydrogen-bond acceptors (Lipinski definition) is 4. The topological polar surface area (TPSA) is 88.5 Å². The molecule has 0 aliphatic heterocycles. The van der Waals surface area contributed by atoms with Crippen LogP contribution < -0.4 is 5.32 Å². The zero-order valence-electron chi connectivity index (χ0n) is 12.4. The SMILES string of the molecule is O=C(Nc1nc2c(cc1C(=O)O)CCC2)OCc1ccccc1. The van der Waals surface area contributed by atoms with Gasteiger partial charge >= 0.3 is 12.1 Å². The summed E-state index contributed by atoms with van der Waals surface area (Å²) in [5.41, 5.74) is 2.62. The number of anilines is 1. The van der Waals surface area contributed by atoms with Crippen LogP contribution in [-0.2, 0) is 24.2 Å². The van der Waals surface area contributed by atoms with E-state index in [1.54, 1.807) is 6.07 Å². The van der Waals surface area contributed by atoms with E-state index in [9.17, 15) is 14.7 Å². The van der Waals surface area contributed by atoms with Gasteiger partial charge in [0.1, 0.15) is 18.0 Å². The van der Waals surface area contributed by atoms with Gasteiger partial charge in [0.25, 0.3) is 0 Å². The lowest BCUT2D eigenvalue weighted by atomic mass is 10.1. The molecule has 0 atom stereocenters. The molecular formula is C17H16N2O4. The van der Waals surface area contributed by atoms with Crippen molar-refractivity contribution in [3.63, 3.8) is 0 Å². The Balaban J connectivity index is 1.71. The van der Waals surface area contributed by atoms with Crippen LogP contribution in [0.4, 0.5) is 10.6 Å². The van der Waals surface area contributed by atoms with Crippen molar-refractivity contribution in [3.05, 3.63) is 58.8 Å². The summed E-state index contributed by atoms with van der Waals surface area (Å²) in [6, 6.07) is 10.8. The number of nitrogens with one attached hydrogen (secondary N) is 1. The Morgan fingerprint density at radius 2 is 2.00 bits per heavy atom. The smallest absolute Gasteiger partial charge is 0.413 e. The Bertz CT molecular complexity index is 744. The van der Waals surface area contributed by atoms with E-state index in [4.69, 9.17) is 4.74 Å². The minimum absolute atomic E-state index is 0.0117. The number of carbonyl (C=O) groups is 2. The van der Waals surface area contributed by atoms with E-state index in [2.05, 4.69) is 10.3 Å². The summed E-state index contributed by atoms with van der Waals surface area (Å²) in [5.74, 6) is -1.08. The molecule has 2 N–H and O–H groups in total. The summed E-state index contributed by atoms with van der Waals surface area (Å²) in [5, 5.41) is 11.7. The molecule has 0 bridgehead atoms. The zero-order valence-corrected chi connectivity index (χ0v) is 12.4. The van der Waals surface area contributed by atoms with Crippen molar-refractivity contribution in [1.29, 1.82) is 0 Å². The number of ether oxygens (including phenoxy) is 1. The first-order chi connectivity index (χ1) is 11.1. The molecule has 1 aromatic carbocycles. The first kappa shape index (κ1) is 15.0. The van der Waals surface area contributed by atoms with E-state index in [1.807, 2.05) is 30.3 Å². The summed E-state index contributed by atoms with van der Waals surface area (Å²) in [7, 11) is 0. The minimum Gasteiger partial charge on any atom is -0.478 e. The standard InChI is InChI=1S/C17H16N2O4/c20-16(21)13-9-12-7-4-8-14(12)18-15(13)19-17(22)23-10-11-5-2-1-3-6-11/h1-3,5-6,9H,4,7-8,10H2,(H,20,21)(H,18,19,22). The first-order valence-electron chi connectivity index (χ1n) is 7.37. The molecule has 1 aromatic heterocycles. The van der Waals surface area contributed by atoms with Crippen molar-refractivity contribution < 1.29 is 19.4 Å². The lowest BCUT2D eigenvalue weighted by Crippen LogP contribution is -2.18. The molecule has 0 fully saturated rings. The van der Waals surface area contributed by atoms with Crippen LogP contribution in [-0.4, -0.2) is 22.2 Å². The largest absolute Gasteiger partial charge is 0.478 e. The average Bonchev–Trinajstić information content (AvgIpc) is 3.00. The zero-order chi connectivity index (χ0) is 16.2. The summed E-state index contributed by atoms with van der Waals surface area (Å²) in [6.07, 6.45) is 1.84. The van der Waals surface area contributed by atoms with Gasteiger partial charge in [-0.1, -0.05) is 30.3 Å². The van der Waals surface area contributed by atoms with Crippen LogP contribution in [0, 0.1) is 0 Å². The van der Waals surface area contributed by atoms with Crippen molar-refractivity contribution in [2.24, 2.45) is 0 Å². The lowest BCUT2D eigenvalue weighted by molar-refractivity contribution is 0.0697. The van der Waals surface area contributed by atoms with Gasteiger partial charge in [-0.05, 0) is 36.5 Å². The number of rotatable bonds is 4. The van der Waals surface area contributed by atoms with Crippen LogP contribution in [0.15, 0.2) is 36.4 Å². The maximum Gasteiger partial charge on any atom is 0.413 e. The van der Waals surface area contributed by atoms with E-state index in [1.165, 1.54) is 0 Å². The third-order valence-electron chi connectivity index (χ3n) is 3.71. The highest BCUT2D eigenvalue weighted by Crippen LogP contribution is 2.25. The van der Waals surface area contributed by atoms with Gasteiger partial charge in [0, 0.05) is 5.69 Å². The molecule has 6 heteroatoms. The predicted octanol–water partition coefficient (Wildman–Crippen LogP) is 3.02. The number of carboxylic acid groups (broad SMARTS) is 1. The Hall–Kier alpha value is -2.89. The number of carboxylic acids is 1. The number of amides is 1. The number of aryl methyl sites for hydroxylation is 2. The molecule has 0 saturated heterocycles. The molecule has 0 saturated carbocycles. The molecule has 0 radical (unpaired) electrons. The van der Waals surface area contributed by atoms with Crippen LogP contribution in [0.1, 0.15) is 33.6 Å². The Labute approximate surface area is 133 Å². The van der Waals surface area contributed by atoms with Crippen molar-refractivity contribution in [2.45, 2.75) is 25.9 Å². The maximum atomic E-state index is 11.9. The van der Waals surface area contributed by atoms with Gasteiger partial charge in [0.05, 0.1) is 0 Å². The third kappa shape index (κ3) is 3.48. The minimum atomic E-state index is -1.12. The van der Waals surface area contributed by atoms with Crippen LogP contribution in [0.5, 0.6) is 0 Å². The number of pyridine rings is 1. The molecular weight excluding hydrogens is 296 g/mol. The quantitative estimate of drug-likeness (QED) is 0.906. The maximum absolute atomic E-state index is 11.9. The second-order valence-electron chi connectivity index (χ2n) is 5.34. The fourth-order valence-corrected chi connectivity index (χ4v) is 2.59. The lowest BCUT2D eigenvalue weighted by Gasteiger charge is -2.10. The van der Waals surface area contributed by atoms with E-state index in [0.29, 0.717) is 0 Å². The van der Waals surface area contributed by atoms with E-state index in [-0.39, 0.29) is 18.0 Å².